The van der Waals surface area contributed by atoms with Gasteiger partial charge in [-0.15, -0.1) is 0 Å². The average Bonchev–Trinajstić information content (AvgIpc) is 2.53. The molecule has 2 aromatic carbocycles. The van der Waals surface area contributed by atoms with Crippen molar-refractivity contribution in [2.75, 3.05) is 17.7 Å². The van der Waals surface area contributed by atoms with E-state index >= 15 is 0 Å². The highest BCUT2D eigenvalue weighted by Crippen LogP contribution is 2.19. The summed E-state index contributed by atoms with van der Waals surface area (Å²) in [5.41, 5.74) is 1.28. The minimum atomic E-state index is 0.765. The lowest BCUT2D eigenvalue weighted by Crippen LogP contribution is -2.03. The van der Waals surface area contributed by atoms with Gasteiger partial charge in [-0.3, -0.25) is 0 Å². The monoisotopic (exact) mass is 263 g/mol. The fourth-order valence-corrected chi connectivity index (χ4v) is 2.30. The van der Waals surface area contributed by atoms with Gasteiger partial charge in [0.05, 0.1) is 0 Å². The van der Waals surface area contributed by atoms with Crippen LogP contribution in [0.1, 0.15) is 5.56 Å². The van der Waals surface area contributed by atoms with E-state index in [4.69, 9.17) is 0 Å². The molecule has 0 radical (unpaired) electrons. The molecule has 0 aliphatic carbocycles. The Labute approximate surface area is 118 Å². The molecule has 1 aromatic heterocycles. The van der Waals surface area contributed by atoms with Gasteiger partial charge in [-0.05, 0) is 28.5 Å². The maximum absolute atomic E-state index is 4.46. The van der Waals surface area contributed by atoms with Crippen molar-refractivity contribution in [3.8, 4) is 0 Å². The van der Waals surface area contributed by atoms with Crippen molar-refractivity contribution in [1.82, 2.24) is 4.98 Å². The van der Waals surface area contributed by atoms with Gasteiger partial charge < -0.3 is 10.6 Å². The Morgan fingerprint density at radius 3 is 2.50 bits per heavy atom. The minimum absolute atomic E-state index is 0.765. The summed E-state index contributed by atoms with van der Waals surface area (Å²) < 4.78 is 0. The molecule has 0 saturated heterocycles. The number of rotatable bonds is 4. The second kappa shape index (κ2) is 5.61. The summed E-state index contributed by atoms with van der Waals surface area (Å²) in [5.74, 6) is 1.75. The van der Waals surface area contributed by atoms with Crippen molar-refractivity contribution >= 4 is 22.4 Å². The molecule has 20 heavy (non-hydrogen) atoms. The molecule has 0 aliphatic rings. The van der Waals surface area contributed by atoms with Gasteiger partial charge in [0, 0.05) is 13.6 Å². The van der Waals surface area contributed by atoms with E-state index < -0.39 is 0 Å². The van der Waals surface area contributed by atoms with Crippen LogP contribution in [-0.2, 0) is 6.54 Å². The maximum atomic E-state index is 4.46. The quantitative estimate of drug-likeness (QED) is 0.750. The van der Waals surface area contributed by atoms with Crippen LogP contribution >= 0.6 is 0 Å². The second-order valence-corrected chi connectivity index (χ2v) is 4.65. The van der Waals surface area contributed by atoms with E-state index in [1.165, 1.54) is 16.3 Å². The summed E-state index contributed by atoms with van der Waals surface area (Å²) in [6.45, 7) is 0.765. The largest absolute Gasteiger partial charge is 0.373 e. The third-order valence-corrected chi connectivity index (χ3v) is 3.35. The number of fused-ring (bicyclic) bond motifs is 1. The number of benzene rings is 2. The molecule has 100 valence electrons. The van der Waals surface area contributed by atoms with Crippen molar-refractivity contribution in [3.63, 3.8) is 0 Å². The Morgan fingerprint density at radius 2 is 1.60 bits per heavy atom. The van der Waals surface area contributed by atoms with Crippen LogP contribution in [-0.4, -0.2) is 12.0 Å². The standard InChI is InChI=1S/C17H17N3/c1-18-16-10-5-11-17(20-16)19-12-14-8-4-7-13-6-2-3-9-15(13)14/h2-11H,12H2,1H3,(H2,18,19,20). The average molecular weight is 263 g/mol. The van der Waals surface area contributed by atoms with Gasteiger partial charge in [0.25, 0.3) is 0 Å². The molecule has 1 heterocycles. The van der Waals surface area contributed by atoms with Crippen molar-refractivity contribution in [1.29, 1.82) is 0 Å². The molecule has 0 bridgehead atoms. The highest BCUT2D eigenvalue weighted by atomic mass is 15.0. The van der Waals surface area contributed by atoms with Crippen LogP contribution in [0.4, 0.5) is 11.6 Å². The SMILES string of the molecule is CNc1cccc(NCc2cccc3ccccc23)n1. The smallest absolute Gasteiger partial charge is 0.128 e. The van der Waals surface area contributed by atoms with Crippen molar-refractivity contribution in [3.05, 3.63) is 66.2 Å². The lowest BCUT2D eigenvalue weighted by atomic mass is 10.0. The van der Waals surface area contributed by atoms with Gasteiger partial charge in [0.15, 0.2) is 0 Å². The molecule has 0 aliphatic heterocycles. The minimum Gasteiger partial charge on any atom is -0.373 e. The molecule has 0 spiro atoms. The van der Waals surface area contributed by atoms with Gasteiger partial charge >= 0.3 is 0 Å². The van der Waals surface area contributed by atoms with Crippen LogP contribution in [0, 0.1) is 0 Å². The van der Waals surface area contributed by atoms with Crippen molar-refractivity contribution in [2.24, 2.45) is 0 Å². The molecule has 2 N–H and O–H groups in total. The van der Waals surface area contributed by atoms with Crippen LogP contribution < -0.4 is 10.6 Å². The zero-order valence-electron chi connectivity index (χ0n) is 11.4. The summed E-state index contributed by atoms with van der Waals surface area (Å²) >= 11 is 0. The first-order valence-corrected chi connectivity index (χ1v) is 6.72. The first kappa shape index (κ1) is 12.5. The first-order valence-electron chi connectivity index (χ1n) is 6.72. The lowest BCUT2D eigenvalue weighted by Gasteiger charge is -2.09. The molecule has 3 nitrogen and oxygen atoms in total. The Balaban J connectivity index is 1.83. The predicted octanol–water partition coefficient (Wildman–Crippen LogP) is 3.89. The van der Waals surface area contributed by atoms with E-state index in [-0.39, 0.29) is 0 Å². The van der Waals surface area contributed by atoms with Crippen LogP contribution in [0.25, 0.3) is 10.8 Å². The molecule has 3 aromatic rings. The van der Waals surface area contributed by atoms with Crippen LogP contribution in [0.2, 0.25) is 0 Å². The normalized spacial score (nSPS) is 10.4. The summed E-state index contributed by atoms with van der Waals surface area (Å²) in [7, 11) is 1.87. The molecule has 0 saturated carbocycles. The summed E-state index contributed by atoms with van der Waals surface area (Å²) in [6, 6.07) is 20.7. The maximum Gasteiger partial charge on any atom is 0.128 e. The van der Waals surface area contributed by atoms with Crippen LogP contribution in [0.5, 0.6) is 0 Å². The first-order chi connectivity index (χ1) is 9.86. The number of anilines is 2. The van der Waals surface area contributed by atoms with Gasteiger partial charge in [-0.25, -0.2) is 4.98 Å². The van der Waals surface area contributed by atoms with E-state index in [1.54, 1.807) is 0 Å². The molecular weight excluding hydrogens is 246 g/mol. The Bertz CT molecular complexity index is 717. The zero-order valence-corrected chi connectivity index (χ0v) is 11.4. The molecule has 0 fully saturated rings. The fraction of sp³-hybridized carbons (Fsp3) is 0.118. The Kier molecular flexibility index (Phi) is 3.50. The molecule has 0 unspecified atom stereocenters. The molecule has 0 amide bonds. The number of hydrogen-bond donors (Lipinski definition) is 2. The molecular formula is C17H17N3. The topological polar surface area (TPSA) is 37.0 Å². The number of aromatic nitrogens is 1. The number of pyridine rings is 1. The van der Waals surface area contributed by atoms with Gasteiger partial charge in [0.2, 0.25) is 0 Å². The Morgan fingerprint density at radius 1 is 0.850 bits per heavy atom. The fourth-order valence-electron chi connectivity index (χ4n) is 2.30. The van der Waals surface area contributed by atoms with Gasteiger partial charge in [-0.1, -0.05) is 48.5 Å². The highest BCUT2D eigenvalue weighted by molar-refractivity contribution is 5.85. The number of hydrogen-bond acceptors (Lipinski definition) is 3. The summed E-state index contributed by atoms with van der Waals surface area (Å²) in [5, 5.41) is 8.97. The molecule has 3 rings (SSSR count). The zero-order chi connectivity index (χ0) is 13.8. The summed E-state index contributed by atoms with van der Waals surface area (Å²) in [6.07, 6.45) is 0. The second-order valence-electron chi connectivity index (χ2n) is 4.65. The van der Waals surface area contributed by atoms with E-state index in [0.29, 0.717) is 0 Å². The highest BCUT2D eigenvalue weighted by Gasteiger charge is 2.01. The summed E-state index contributed by atoms with van der Waals surface area (Å²) in [4.78, 5) is 4.46. The number of nitrogens with zero attached hydrogens (tertiary/aromatic N) is 1. The van der Waals surface area contributed by atoms with Gasteiger partial charge in [-0.2, -0.15) is 0 Å². The lowest BCUT2D eigenvalue weighted by molar-refractivity contribution is 1.12. The third kappa shape index (κ3) is 2.57. The van der Waals surface area contributed by atoms with Crippen LogP contribution in [0.15, 0.2) is 60.7 Å². The van der Waals surface area contributed by atoms with Crippen molar-refractivity contribution in [2.45, 2.75) is 6.54 Å². The molecule has 3 heteroatoms. The van der Waals surface area contributed by atoms with E-state index in [0.717, 1.165) is 18.2 Å². The van der Waals surface area contributed by atoms with E-state index in [2.05, 4.69) is 58.1 Å². The molecule has 0 atom stereocenters. The number of nitrogens with one attached hydrogen (secondary N) is 2. The predicted molar refractivity (Wildman–Crippen MR) is 85.1 cm³/mol. The van der Waals surface area contributed by atoms with E-state index in [9.17, 15) is 0 Å². The Hall–Kier alpha value is -2.55. The third-order valence-electron chi connectivity index (χ3n) is 3.35. The van der Waals surface area contributed by atoms with Crippen LogP contribution in [0.3, 0.4) is 0 Å². The van der Waals surface area contributed by atoms with Crippen molar-refractivity contribution < 1.29 is 0 Å². The van der Waals surface area contributed by atoms with Gasteiger partial charge in [0.1, 0.15) is 11.6 Å². The van der Waals surface area contributed by atoms with E-state index in [1.807, 2.05) is 25.2 Å².